The van der Waals surface area contributed by atoms with Gasteiger partial charge in [-0.1, -0.05) is 13.3 Å². The molecule has 158 valence electrons. The van der Waals surface area contributed by atoms with Crippen LogP contribution in [0.2, 0.25) is 0 Å². The summed E-state index contributed by atoms with van der Waals surface area (Å²) in [6, 6.07) is 9.67. The van der Waals surface area contributed by atoms with E-state index in [-0.39, 0.29) is 5.56 Å². The van der Waals surface area contributed by atoms with Crippen molar-refractivity contribution in [1.29, 1.82) is 5.26 Å². The average Bonchev–Trinajstić information content (AvgIpc) is 3.60. The summed E-state index contributed by atoms with van der Waals surface area (Å²) in [6.07, 6.45) is 6.89. The van der Waals surface area contributed by atoms with Gasteiger partial charge in [0.2, 0.25) is 5.95 Å². The van der Waals surface area contributed by atoms with E-state index in [0.29, 0.717) is 17.7 Å². The molecule has 1 aromatic heterocycles. The molecule has 2 aromatic rings. The molecule has 30 heavy (non-hydrogen) atoms. The monoisotopic (exact) mass is 408 g/mol. The number of aromatic nitrogens is 2. The number of piperidine rings is 1. The Labute approximate surface area is 177 Å². The van der Waals surface area contributed by atoms with E-state index in [0.717, 1.165) is 49.9 Å². The van der Waals surface area contributed by atoms with Crippen LogP contribution < -0.4 is 10.2 Å². The summed E-state index contributed by atoms with van der Waals surface area (Å²) in [7, 11) is 2.25. The zero-order valence-corrected chi connectivity index (χ0v) is 17.7. The topological polar surface area (TPSA) is 68.1 Å². The second-order valence-corrected chi connectivity index (χ2v) is 8.36. The van der Waals surface area contributed by atoms with Gasteiger partial charge in [0.1, 0.15) is 17.7 Å². The lowest BCUT2D eigenvalue weighted by Crippen LogP contribution is -2.47. The minimum atomic E-state index is -0.525. The number of anilines is 3. The zero-order chi connectivity index (χ0) is 21.1. The zero-order valence-electron chi connectivity index (χ0n) is 17.7. The van der Waals surface area contributed by atoms with Crippen molar-refractivity contribution in [2.75, 3.05) is 30.4 Å². The van der Waals surface area contributed by atoms with Crippen LogP contribution in [0.1, 0.15) is 50.3 Å². The lowest BCUT2D eigenvalue weighted by atomic mass is 10.0. The van der Waals surface area contributed by atoms with Crippen molar-refractivity contribution >= 4 is 17.5 Å². The molecule has 0 radical (unpaired) electrons. The Morgan fingerprint density at radius 2 is 2.07 bits per heavy atom. The molecule has 0 unspecified atom stereocenters. The van der Waals surface area contributed by atoms with E-state index < -0.39 is 5.82 Å². The first-order chi connectivity index (χ1) is 14.6. The SMILES string of the molecule is CCCc1cc(N2CCC[C@@H](N(C)C3CC3)C2)nc(Nc2ccc(F)c(C#N)c2)n1. The Balaban J connectivity index is 1.57. The van der Waals surface area contributed by atoms with E-state index in [4.69, 9.17) is 10.2 Å². The van der Waals surface area contributed by atoms with Gasteiger partial charge in [-0.2, -0.15) is 10.2 Å². The molecule has 2 aliphatic rings. The lowest BCUT2D eigenvalue weighted by Gasteiger charge is -2.38. The number of nitrogens with one attached hydrogen (secondary N) is 1. The van der Waals surface area contributed by atoms with Crippen LogP contribution in [0.25, 0.3) is 0 Å². The van der Waals surface area contributed by atoms with Crippen molar-refractivity contribution in [2.24, 2.45) is 0 Å². The van der Waals surface area contributed by atoms with Crippen LogP contribution in [0, 0.1) is 17.1 Å². The second kappa shape index (κ2) is 8.97. The van der Waals surface area contributed by atoms with E-state index in [1.807, 2.05) is 6.07 Å². The molecule has 4 rings (SSSR count). The van der Waals surface area contributed by atoms with Crippen LogP contribution in [0.5, 0.6) is 0 Å². The van der Waals surface area contributed by atoms with E-state index in [1.54, 1.807) is 6.07 Å². The molecule has 1 aliphatic heterocycles. The summed E-state index contributed by atoms with van der Waals surface area (Å²) >= 11 is 0. The van der Waals surface area contributed by atoms with E-state index in [9.17, 15) is 4.39 Å². The Hall–Kier alpha value is -2.72. The molecule has 7 heteroatoms. The van der Waals surface area contributed by atoms with Crippen molar-refractivity contribution in [3.05, 3.63) is 41.3 Å². The van der Waals surface area contributed by atoms with Gasteiger partial charge in [0.05, 0.1) is 5.56 Å². The summed E-state index contributed by atoms with van der Waals surface area (Å²) in [5.41, 5.74) is 1.61. The van der Waals surface area contributed by atoms with Gasteiger partial charge < -0.3 is 10.2 Å². The maximum absolute atomic E-state index is 13.7. The highest BCUT2D eigenvalue weighted by Crippen LogP contribution is 2.31. The number of hydrogen-bond donors (Lipinski definition) is 1. The van der Waals surface area contributed by atoms with Crippen molar-refractivity contribution in [2.45, 2.75) is 57.5 Å². The summed E-state index contributed by atoms with van der Waals surface area (Å²) in [6.45, 7) is 4.10. The molecule has 1 saturated carbocycles. The number of aryl methyl sites for hydroxylation is 1. The first kappa shape index (κ1) is 20.5. The lowest BCUT2D eigenvalue weighted by molar-refractivity contribution is 0.206. The third-order valence-electron chi connectivity index (χ3n) is 6.03. The van der Waals surface area contributed by atoms with Crippen LogP contribution in [-0.4, -0.2) is 47.1 Å². The highest BCUT2D eigenvalue weighted by Gasteiger charge is 2.33. The number of hydrogen-bond acceptors (Lipinski definition) is 6. The van der Waals surface area contributed by atoms with Crippen LogP contribution in [0.15, 0.2) is 24.3 Å². The molecular weight excluding hydrogens is 379 g/mol. The first-order valence-electron chi connectivity index (χ1n) is 10.9. The predicted molar refractivity (Wildman–Crippen MR) is 116 cm³/mol. The number of benzene rings is 1. The Kier molecular flexibility index (Phi) is 6.14. The van der Waals surface area contributed by atoms with Crippen LogP contribution in [-0.2, 0) is 6.42 Å². The van der Waals surface area contributed by atoms with Crippen molar-refractivity contribution in [3.8, 4) is 6.07 Å². The fourth-order valence-corrected chi connectivity index (χ4v) is 4.18. The third-order valence-corrected chi connectivity index (χ3v) is 6.03. The summed E-state index contributed by atoms with van der Waals surface area (Å²) in [4.78, 5) is 14.3. The molecule has 1 aromatic carbocycles. The molecule has 1 N–H and O–H groups in total. The minimum Gasteiger partial charge on any atom is -0.355 e. The summed E-state index contributed by atoms with van der Waals surface area (Å²) in [5, 5.41) is 12.3. The van der Waals surface area contributed by atoms with Gasteiger partial charge in [-0.3, -0.25) is 4.90 Å². The molecule has 0 spiro atoms. The van der Waals surface area contributed by atoms with Gasteiger partial charge in [0.15, 0.2) is 0 Å². The highest BCUT2D eigenvalue weighted by molar-refractivity contribution is 5.58. The second-order valence-electron chi connectivity index (χ2n) is 8.36. The Bertz CT molecular complexity index is 936. The number of likely N-dealkylation sites (N-methyl/N-ethyl adjacent to an activating group) is 1. The van der Waals surface area contributed by atoms with Crippen molar-refractivity contribution in [3.63, 3.8) is 0 Å². The summed E-state index contributed by atoms with van der Waals surface area (Å²) in [5.74, 6) is 0.903. The Morgan fingerprint density at radius 3 is 2.80 bits per heavy atom. The number of halogens is 1. The third kappa shape index (κ3) is 4.71. The first-order valence-corrected chi connectivity index (χ1v) is 10.9. The molecule has 1 atom stereocenters. The molecular formula is C23H29FN6. The standard InChI is InChI=1S/C23H29FN6/c1-3-5-17-13-22(30-11-4-6-20(15-30)29(2)19-8-9-19)28-23(26-17)27-18-7-10-21(24)16(12-18)14-25/h7,10,12-13,19-20H,3-6,8-9,11,15H2,1-2H3,(H,26,27,28)/t20-/m1/s1. The van der Waals surface area contributed by atoms with Gasteiger partial charge in [0, 0.05) is 42.6 Å². The number of nitriles is 1. The van der Waals surface area contributed by atoms with Gasteiger partial charge in [-0.05, 0) is 57.4 Å². The highest BCUT2D eigenvalue weighted by atomic mass is 19.1. The Morgan fingerprint density at radius 1 is 1.23 bits per heavy atom. The number of nitrogens with zero attached hydrogens (tertiary/aromatic N) is 5. The van der Waals surface area contributed by atoms with Gasteiger partial charge in [-0.15, -0.1) is 0 Å². The van der Waals surface area contributed by atoms with Gasteiger partial charge in [-0.25, -0.2) is 9.37 Å². The maximum atomic E-state index is 13.7. The fourth-order valence-electron chi connectivity index (χ4n) is 4.18. The molecule has 2 fully saturated rings. The van der Waals surface area contributed by atoms with Crippen molar-refractivity contribution < 1.29 is 4.39 Å². The van der Waals surface area contributed by atoms with Crippen LogP contribution in [0.3, 0.4) is 0 Å². The molecule has 0 bridgehead atoms. The molecule has 1 aliphatic carbocycles. The normalized spacial score (nSPS) is 19.0. The van der Waals surface area contributed by atoms with E-state index in [1.165, 1.54) is 31.4 Å². The van der Waals surface area contributed by atoms with E-state index >= 15 is 0 Å². The van der Waals surface area contributed by atoms with Crippen LogP contribution >= 0.6 is 0 Å². The largest absolute Gasteiger partial charge is 0.355 e. The molecule has 1 saturated heterocycles. The smallest absolute Gasteiger partial charge is 0.229 e. The minimum absolute atomic E-state index is 0.00641. The molecule has 0 amide bonds. The molecule has 2 heterocycles. The molecule has 6 nitrogen and oxygen atoms in total. The fraction of sp³-hybridized carbons (Fsp3) is 0.522. The van der Waals surface area contributed by atoms with Gasteiger partial charge >= 0.3 is 0 Å². The van der Waals surface area contributed by atoms with Gasteiger partial charge in [0.25, 0.3) is 0 Å². The number of rotatable bonds is 7. The predicted octanol–water partition coefficient (Wildman–Crippen LogP) is 4.25. The van der Waals surface area contributed by atoms with Crippen LogP contribution in [0.4, 0.5) is 21.8 Å². The van der Waals surface area contributed by atoms with Crippen molar-refractivity contribution in [1.82, 2.24) is 14.9 Å². The maximum Gasteiger partial charge on any atom is 0.229 e. The summed E-state index contributed by atoms with van der Waals surface area (Å²) < 4.78 is 13.7. The van der Waals surface area contributed by atoms with E-state index in [2.05, 4.69) is 40.1 Å². The average molecular weight is 409 g/mol. The quantitative estimate of drug-likeness (QED) is 0.739.